The third kappa shape index (κ3) is 2.22. The van der Waals surface area contributed by atoms with Crippen LogP contribution in [0.25, 0.3) is 0 Å². The molecule has 0 spiro atoms. The van der Waals surface area contributed by atoms with E-state index < -0.39 is 0 Å². The lowest BCUT2D eigenvalue weighted by Crippen LogP contribution is -2.06. The quantitative estimate of drug-likeness (QED) is 0.574. The van der Waals surface area contributed by atoms with Crippen LogP contribution in [0.5, 0.6) is 0 Å². The summed E-state index contributed by atoms with van der Waals surface area (Å²) < 4.78 is 5.09. The van der Waals surface area contributed by atoms with Crippen molar-refractivity contribution in [3.63, 3.8) is 0 Å². The van der Waals surface area contributed by atoms with Gasteiger partial charge in [-0.1, -0.05) is 17.7 Å². The van der Waals surface area contributed by atoms with Gasteiger partial charge in [0.15, 0.2) is 0 Å². The normalized spacial score (nSPS) is 9.77. The first-order valence-electron chi connectivity index (χ1n) is 4.13. The number of rotatable bonds is 2. The zero-order valence-corrected chi connectivity index (χ0v) is 8.48. The predicted octanol–water partition coefficient (Wildman–Crippen LogP) is 3.01. The number of nitrogens with one attached hydrogen (secondary N) is 1. The molecule has 0 bridgehead atoms. The fourth-order valence-electron chi connectivity index (χ4n) is 1.08. The first kappa shape index (κ1) is 10.1. The van der Waals surface area contributed by atoms with Crippen molar-refractivity contribution in [2.45, 2.75) is 13.8 Å². The largest absolute Gasteiger partial charge is 0.478 e. The average Bonchev–Trinajstić information content (AvgIpc) is 2.10. The fraction of sp³-hybridized carbons (Fsp3) is 0.300. The van der Waals surface area contributed by atoms with Gasteiger partial charge in [-0.15, -0.1) is 0 Å². The second-order valence-electron chi connectivity index (χ2n) is 2.67. The number of halogens is 1. The van der Waals surface area contributed by atoms with Gasteiger partial charge in [-0.2, -0.15) is 0 Å². The van der Waals surface area contributed by atoms with Crippen LogP contribution in [-0.4, -0.2) is 12.5 Å². The predicted molar refractivity (Wildman–Crippen MR) is 54.6 cm³/mol. The van der Waals surface area contributed by atoms with Crippen LogP contribution in [0.4, 0.5) is 0 Å². The molecule has 0 amide bonds. The summed E-state index contributed by atoms with van der Waals surface area (Å²) in [7, 11) is 0. The zero-order chi connectivity index (χ0) is 9.84. The molecule has 0 saturated heterocycles. The Hall–Kier alpha value is -1.02. The Balaban J connectivity index is 3.01. The molecule has 0 aliphatic carbocycles. The van der Waals surface area contributed by atoms with Gasteiger partial charge in [0.25, 0.3) is 0 Å². The van der Waals surface area contributed by atoms with E-state index in [1.165, 1.54) is 0 Å². The molecule has 0 aliphatic heterocycles. The highest BCUT2D eigenvalue weighted by Crippen LogP contribution is 2.19. The van der Waals surface area contributed by atoms with Gasteiger partial charge in [0.2, 0.25) is 5.90 Å². The molecule has 0 aromatic heterocycles. The van der Waals surface area contributed by atoms with Gasteiger partial charge in [-0.3, -0.25) is 5.41 Å². The first-order chi connectivity index (χ1) is 6.16. The minimum absolute atomic E-state index is 0.183. The van der Waals surface area contributed by atoms with Crippen LogP contribution in [0.15, 0.2) is 18.2 Å². The molecule has 0 aliphatic rings. The SMILES string of the molecule is CCOC(=N)c1cccc(Cl)c1C. The molecule has 0 atom stereocenters. The molecule has 0 saturated carbocycles. The maximum absolute atomic E-state index is 7.59. The lowest BCUT2D eigenvalue weighted by molar-refractivity contribution is 0.325. The van der Waals surface area contributed by atoms with Crippen molar-refractivity contribution in [2.75, 3.05) is 6.61 Å². The molecule has 1 aromatic carbocycles. The summed E-state index contributed by atoms with van der Waals surface area (Å²) in [5.41, 5.74) is 1.65. The Morgan fingerprint density at radius 2 is 2.23 bits per heavy atom. The summed E-state index contributed by atoms with van der Waals surface area (Å²) in [5.74, 6) is 0.183. The van der Waals surface area contributed by atoms with E-state index in [0.29, 0.717) is 11.6 Å². The Kier molecular flexibility index (Phi) is 3.32. The van der Waals surface area contributed by atoms with E-state index in [4.69, 9.17) is 21.7 Å². The second kappa shape index (κ2) is 4.28. The van der Waals surface area contributed by atoms with Crippen LogP contribution in [0.3, 0.4) is 0 Å². The first-order valence-corrected chi connectivity index (χ1v) is 4.51. The number of ether oxygens (including phenoxy) is 1. The molecule has 0 unspecified atom stereocenters. The molecule has 0 radical (unpaired) electrons. The second-order valence-corrected chi connectivity index (χ2v) is 3.08. The summed E-state index contributed by atoms with van der Waals surface area (Å²) in [5, 5.41) is 8.25. The van der Waals surface area contributed by atoms with Crippen LogP contribution in [0, 0.1) is 12.3 Å². The summed E-state index contributed by atoms with van der Waals surface area (Å²) >= 11 is 5.91. The molecule has 1 rings (SSSR count). The van der Waals surface area contributed by atoms with Gasteiger partial charge < -0.3 is 4.74 Å². The van der Waals surface area contributed by atoms with Crippen LogP contribution in [0.1, 0.15) is 18.1 Å². The van der Waals surface area contributed by atoms with Crippen LogP contribution in [0.2, 0.25) is 5.02 Å². The van der Waals surface area contributed by atoms with Crippen molar-refractivity contribution in [1.82, 2.24) is 0 Å². The zero-order valence-electron chi connectivity index (χ0n) is 7.73. The Morgan fingerprint density at radius 1 is 1.54 bits per heavy atom. The fourth-order valence-corrected chi connectivity index (χ4v) is 1.25. The van der Waals surface area contributed by atoms with E-state index in [9.17, 15) is 0 Å². The highest BCUT2D eigenvalue weighted by Gasteiger charge is 2.07. The molecule has 1 aromatic rings. The summed E-state index contributed by atoms with van der Waals surface area (Å²) in [6, 6.07) is 5.46. The van der Waals surface area contributed by atoms with Gasteiger partial charge in [-0.25, -0.2) is 0 Å². The average molecular weight is 198 g/mol. The summed E-state index contributed by atoms with van der Waals surface area (Å²) in [4.78, 5) is 0. The van der Waals surface area contributed by atoms with Crippen molar-refractivity contribution in [2.24, 2.45) is 0 Å². The highest BCUT2D eigenvalue weighted by molar-refractivity contribution is 6.31. The summed E-state index contributed by atoms with van der Waals surface area (Å²) in [6.07, 6.45) is 0. The summed E-state index contributed by atoms with van der Waals surface area (Å²) in [6.45, 7) is 4.24. The molecular formula is C10H12ClNO. The van der Waals surface area contributed by atoms with Crippen molar-refractivity contribution in [1.29, 1.82) is 5.41 Å². The molecule has 3 heteroatoms. The highest BCUT2D eigenvalue weighted by atomic mass is 35.5. The van der Waals surface area contributed by atoms with Crippen molar-refractivity contribution in [3.05, 3.63) is 34.3 Å². The van der Waals surface area contributed by atoms with E-state index in [1.807, 2.05) is 26.0 Å². The minimum atomic E-state index is 0.183. The number of hydrogen-bond donors (Lipinski definition) is 1. The number of hydrogen-bond acceptors (Lipinski definition) is 2. The van der Waals surface area contributed by atoms with Crippen LogP contribution >= 0.6 is 11.6 Å². The van der Waals surface area contributed by atoms with E-state index in [-0.39, 0.29) is 5.90 Å². The smallest absolute Gasteiger partial charge is 0.213 e. The maximum Gasteiger partial charge on any atom is 0.213 e. The van der Waals surface area contributed by atoms with Crippen molar-refractivity contribution < 1.29 is 4.74 Å². The van der Waals surface area contributed by atoms with Crippen molar-refractivity contribution in [3.8, 4) is 0 Å². The number of benzene rings is 1. The van der Waals surface area contributed by atoms with Crippen molar-refractivity contribution >= 4 is 17.5 Å². The topological polar surface area (TPSA) is 33.1 Å². The molecular weight excluding hydrogens is 186 g/mol. The van der Waals surface area contributed by atoms with Gasteiger partial charge in [-0.05, 0) is 31.5 Å². The molecule has 70 valence electrons. The van der Waals surface area contributed by atoms with Gasteiger partial charge in [0.1, 0.15) is 0 Å². The lowest BCUT2D eigenvalue weighted by Gasteiger charge is -2.08. The monoisotopic (exact) mass is 197 g/mol. The molecule has 0 heterocycles. The molecule has 1 N–H and O–H groups in total. The van der Waals surface area contributed by atoms with E-state index in [1.54, 1.807) is 6.07 Å². The van der Waals surface area contributed by atoms with Gasteiger partial charge >= 0.3 is 0 Å². The standard InChI is InChI=1S/C10H12ClNO/c1-3-13-10(12)8-5-4-6-9(11)7(8)2/h4-6,12H,3H2,1-2H3. The minimum Gasteiger partial charge on any atom is -0.478 e. The van der Waals surface area contributed by atoms with Gasteiger partial charge in [0, 0.05) is 10.6 Å². The Labute approximate surface area is 83.0 Å². The molecule has 0 fully saturated rings. The van der Waals surface area contributed by atoms with Crippen LogP contribution in [-0.2, 0) is 4.74 Å². The lowest BCUT2D eigenvalue weighted by atomic mass is 10.1. The third-order valence-corrected chi connectivity index (χ3v) is 2.21. The molecule has 13 heavy (non-hydrogen) atoms. The van der Waals surface area contributed by atoms with E-state index in [2.05, 4.69) is 0 Å². The maximum atomic E-state index is 7.59. The third-order valence-electron chi connectivity index (χ3n) is 1.80. The Morgan fingerprint density at radius 3 is 2.85 bits per heavy atom. The Bertz CT molecular complexity index is 323. The van der Waals surface area contributed by atoms with E-state index in [0.717, 1.165) is 11.1 Å². The van der Waals surface area contributed by atoms with Gasteiger partial charge in [0.05, 0.1) is 6.61 Å². The van der Waals surface area contributed by atoms with E-state index >= 15 is 0 Å². The van der Waals surface area contributed by atoms with Crippen LogP contribution < -0.4 is 0 Å². The molecule has 2 nitrogen and oxygen atoms in total.